The van der Waals surface area contributed by atoms with Crippen molar-refractivity contribution in [2.24, 2.45) is 5.73 Å². The Morgan fingerprint density at radius 2 is 2.21 bits per heavy atom. The summed E-state index contributed by atoms with van der Waals surface area (Å²) in [5.41, 5.74) is 6.61. The van der Waals surface area contributed by atoms with Gasteiger partial charge in [-0.1, -0.05) is 18.5 Å². The number of ether oxygens (including phenoxy) is 1. The number of hydrogen-bond donors (Lipinski definition) is 1. The van der Waals surface area contributed by atoms with Crippen LogP contribution in [-0.4, -0.2) is 13.7 Å². The molecule has 14 heavy (non-hydrogen) atoms. The summed E-state index contributed by atoms with van der Waals surface area (Å²) in [6, 6.07) is 3.76. The van der Waals surface area contributed by atoms with Gasteiger partial charge in [-0.15, -0.1) is 0 Å². The Hall–Kier alpha value is -0.250. The Morgan fingerprint density at radius 3 is 2.71 bits per heavy atom. The summed E-state index contributed by atoms with van der Waals surface area (Å²) in [5.74, 6) is 1.02. The monoisotopic (exact) mass is 277 g/mol. The van der Waals surface area contributed by atoms with Crippen molar-refractivity contribution in [3.05, 3.63) is 27.2 Å². The summed E-state index contributed by atoms with van der Waals surface area (Å²) in [4.78, 5) is 0. The van der Waals surface area contributed by atoms with Crippen LogP contribution in [0.4, 0.5) is 0 Å². The highest BCUT2D eigenvalue weighted by atomic mass is 79.9. The highest BCUT2D eigenvalue weighted by Gasteiger charge is 2.12. The molecule has 0 radical (unpaired) electrons. The number of halogens is 2. The molecular weight excluding hydrogens is 265 g/mol. The molecule has 4 heteroatoms. The van der Waals surface area contributed by atoms with E-state index in [0.717, 1.165) is 20.8 Å². The zero-order valence-corrected chi connectivity index (χ0v) is 10.5. The lowest BCUT2D eigenvalue weighted by Crippen LogP contribution is -2.09. The van der Waals surface area contributed by atoms with Gasteiger partial charge in [0.15, 0.2) is 0 Å². The van der Waals surface area contributed by atoms with E-state index in [-0.39, 0.29) is 5.92 Å². The second-order valence-corrected chi connectivity index (χ2v) is 4.41. The molecule has 0 saturated carbocycles. The van der Waals surface area contributed by atoms with E-state index in [9.17, 15) is 0 Å². The van der Waals surface area contributed by atoms with Gasteiger partial charge in [0.2, 0.25) is 0 Å². The predicted molar refractivity (Wildman–Crippen MR) is 63.2 cm³/mol. The van der Waals surface area contributed by atoms with Crippen molar-refractivity contribution in [3.63, 3.8) is 0 Å². The third kappa shape index (κ3) is 2.41. The summed E-state index contributed by atoms with van der Waals surface area (Å²) in [6.07, 6.45) is 0. The Balaban J connectivity index is 3.17. The van der Waals surface area contributed by atoms with E-state index in [0.29, 0.717) is 6.54 Å². The zero-order chi connectivity index (χ0) is 10.7. The van der Waals surface area contributed by atoms with Gasteiger partial charge >= 0.3 is 0 Å². The highest BCUT2D eigenvalue weighted by Crippen LogP contribution is 2.34. The molecule has 0 bridgehead atoms. The van der Waals surface area contributed by atoms with Gasteiger partial charge in [-0.2, -0.15) is 0 Å². The van der Waals surface area contributed by atoms with Crippen molar-refractivity contribution >= 4 is 27.5 Å². The quantitative estimate of drug-likeness (QED) is 0.922. The number of methoxy groups -OCH3 is 1. The second-order valence-electron chi connectivity index (χ2n) is 3.15. The van der Waals surface area contributed by atoms with Crippen LogP contribution in [0.25, 0.3) is 0 Å². The zero-order valence-electron chi connectivity index (χ0n) is 8.18. The Labute approximate surface area is 97.5 Å². The maximum atomic E-state index is 6.09. The summed E-state index contributed by atoms with van der Waals surface area (Å²) in [6.45, 7) is 2.61. The Bertz CT molecular complexity index is 330. The molecule has 1 aromatic carbocycles. The average molecular weight is 279 g/mol. The summed E-state index contributed by atoms with van der Waals surface area (Å²) < 4.78 is 6.05. The van der Waals surface area contributed by atoms with Crippen LogP contribution in [0.3, 0.4) is 0 Å². The molecule has 1 atom stereocenters. The van der Waals surface area contributed by atoms with Gasteiger partial charge in [-0.25, -0.2) is 0 Å². The van der Waals surface area contributed by atoms with E-state index in [2.05, 4.69) is 15.9 Å². The Morgan fingerprint density at radius 1 is 1.57 bits per heavy atom. The van der Waals surface area contributed by atoms with E-state index in [1.165, 1.54) is 0 Å². The van der Waals surface area contributed by atoms with E-state index in [4.69, 9.17) is 22.1 Å². The topological polar surface area (TPSA) is 35.2 Å². The first-order valence-electron chi connectivity index (χ1n) is 4.33. The smallest absolute Gasteiger partial charge is 0.133 e. The highest BCUT2D eigenvalue weighted by molar-refractivity contribution is 9.10. The molecular formula is C10H13BrClNO. The van der Waals surface area contributed by atoms with Crippen LogP contribution in [0.5, 0.6) is 5.75 Å². The lowest BCUT2D eigenvalue weighted by molar-refractivity contribution is 0.411. The van der Waals surface area contributed by atoms with Crippen LogP contribution in [0.15, 0.2) is 16.6 Å². The van der Waals surface area contributed by atoms with E-state index in [1.54, 1.807) is 7.11 Å². The molecule has 0 saturated heterocycles. The third-order valence-corrected chi connectivity index (χ3v) is 3.10. The fourth-order valence-electron chi connectivity index (χ4n) is 1.21. The number of benzene rings is 1. The maximum absolute atomic E-state index is 6.09. The van der Waals surface area contributed by atoms with Gasteiger partial charge in [-0.3, -0.25) is 0 Å². The molecule has 0 aliphatic carbocycles. The van der Waals surface area contributed by atoms with Gasteiger partial charge in [0.05, 0.1) is 11.6 Å². The molecule has 0 aliphatic heterocycles. The van der Waals surface area contributed by atoms with Crippen molar-refractivity contribution in [1.29, 1.82) is 0 Å². The molecule has 2 N–H and O–H groups in total. The van der Waals surface area contributed by atoms with Gasteiger partial charge in [-0.05, 0) is 46.1 Å². The molecule has 0 amide bonds. The van der Waals surface area contributed by atoms with Crippen molar-refractivity contribution < 1.29 is 4.74 Å². The molecule has 2 nitrogen and oxygen atoms in total. The fourth-order valence-corrected chi connectivity index (χ4v) is 2.19. The van der Waals surface area contributed by atoms with Crippen LogP contribution in [0.1, 0.15) is 18.4 Å². The van der Waals surface area contributed by atoms with Gasteiger partial charge in [0.1, 0.15) is 5.75 Å². The summed E-state index contributed by atoms with van der Waals surface area (Å²) in [5, 5.41) is 0.718. The third-order valence-electron chi connectivity index (χ3n) is 2.16. The van der Waals surface area contributed by atoms with Crippen molar-refractivity contribution in [1.82, 2.24) is 0 Å². The standard InChI is InChI=1S/C10H13BrClNO/c1-6(5-13)7-3-10(14-2)8(11)4-9(7)12/h3-4,6H,5,13H2,1-2H3. The Kier molecular flexibility index (Phi) is 4.23. The lowest BCUT2D eigenvalue weighted by atomic mass is 10.0. The molecule has 0 spiro atoms. The minimum absolute atomic E-state index is 0.240. The molecule has 1 rings (SSSR count). The predicted octanol–water partition coefficient (Wildman–Crippen LogP) is 3.17. The van der Waals surface area contributed by atoms with Crippen molar-refractivity contribution in [3.8, 4) is 5.75 Å². The van der Waals surface area contributed by atoms with Crippen molar-refractivity contribution in [2.75, 3.05) is 13.7 Å². The number of rotatable bonds is 3. The molecule has 0 aromatic heterocycles. The van der Waals surface area contributed by atoms with Crippen LogP contribution in [0.2, 0.25) is 5.02 Å². The SMILES string of the molecule is COc1cc(C(C)CN)c(Cl)cc1Br. The van der Waals surface area contributed by atoms with Crippen LogP contribution < -0.4 is 10.5 Å². The molecule has 1 aromatic rings. The minimum Gasteiger partial charge on any atom is -0.496 e. The maximum Gasteiger partial charge on any atom is 0.133 e. The number of hydrogen-bond acceptors (Lipinski definition) is 2. The molecule has 1 unspecified atom stereocenters. The largest absolute Gasteiger partial charge is 0.496 e. The molecule has 0 heterocycles. The first kappa shape index (κ1) is 11.8. The molecule has 0 fully saturated rings. The average Bonchev–Trinajstić information content (AvgIpc) is 2.17. The number of nitrogens with two attached hydrogens (primary N) is 1. The van der Waals surface area contributed by atoms with E-state index < -0.39 is 0 Å². The van der Waals surface area contributed by atoms with Gasteiger partial charge < -0.3 is 10.5 Å². The fraction of sp³-hybridized carbons (Fsp3) is 0.400. The molecule has 78 valence electrons. The molecule has 0 aliphatic rings. The summed E-state index contributed by atoms with van der Waals surface area (Å²) in [7, 11) is 1.63. The van der Waals surface area contributed by atoms with E-state index in [1.807, 2.05) is 19.1 Å². The normalized spacial score (nSPS) is 12.6. The van der Waals surface area contributed by atoms with Crippen molar-refractivity contribution in [2.45, 2.75) is 12.8 Å². The summed E-state index contributed by atoms with van der Waals surface area (Å²) >= 11 is 9.46. The van der Waals surface area contributed by atoms with Gasteiger partial charge in [0.25, 0.3) is 0 Å². The second kappa shape index (κ2) is 5.01. The van der Waals surface area contributed by atoms with Crippen LogP contribution in [-0.2, 0) is 0 Å². The van der Waals surface area contributed by atoms with E-state index >= 15 is 0 Å². The van der Waals surface area contributed by atoms with Crippen LogP contribution >= 0.6 is 27.5 Å². The van der Waals surface area contributed by atoms with Crippen LogP contribution in [0, 0.1) is 0 Å². The first-order chi connectivity index (χ1) is 6.60. The lowest BCUT2D eigenvalue weighted by Gasteiger charge is -2.13. The first-order valence-corrected chi connectivity index (χ1v) is 5.50. The minimum atomic E-state index is 0.240. The van der Waals surface area contributed by atoms with Gasteiger partial charge in [0, 0.05) is 5.02 Å².